The van der Waals surface area contributed by atoms with Crippen molar-refractivity contribution in [2.45, 2.75) is 59.5 Å². The van der Waals surface area contributed by atoms with E-state index < -0.39 is 0 Å². The van der Waals surface area contributed by atoms with E-state index in [1.54, 1.807) is 0 Å². The summed E-state index contributed by atoms with van der Waals surface area (Å²) in [5.74, 6) is 0.780. The standard InChI is InChI=1S/C29H33N3O/c1-19-11-16-24(20(2)17-19)28(33)30-21(3)27-31-25-9-7-8-10-26(25)32(27)18-22-12-14-23(15-13-22)29(4,5)6/h7-17,21H,18H2,1-6H3,(H,30,33). The number of hydrogen-bond acceptors (Lipinski definition) is 2. The van der Waals surface area contributed by atoms with Crippen molar-refractivity contribution in [1.82, 2.24) is 14.9 Å². The highest BCUT2D eigenvalue weighted by atomic mass is 16.1. The molecule has 0 saturated heterocycles. The van der Waals surface area contributed by atoms with Gasteiger partial charge in [0.25, 0.3) is 5.91 Å². The van der Waals surface area contributed by atoms with Crippen LogP contribution in [0.2, 0.25) is 0 Å². The number of aryl methyl sites for hydroxylation is 2. The minimum Gasteiger partial charge on any atom is -0.342 e. The maximum absolute atomic E-state index is 13.0. The van der Waals surface area contributed by atoms with E-state index in [1.807, 2.05) is 57.2 Å². The molecule has 0 bridgehead atoms. The lowest BCUT2D eigenvalue weighted by atomic mass is 9.87. The first-order valence-corrected chi connectivity index (χ1v) is 11.6. The van der Waals surface area contributed by atoms with Gasteiger partial charge in [0, 0.05) is 12.1 Å². The van der Waals surface area contributed by atoms with Gasteiger partial charge in [0.15, 0.2) is 0 Å². The minimum atomic E-state index is -0.237. The number of carbonyl (C=O) groups excluding carboxylic acids is 1. The quantitative estimate of drug-likeness (QED) is 0.386. The number of para-hydroxylation sites is 2. The predicted molar refractivity (Wildman–Crippen MR) is 136 cm³/mol. The van der Waals surface area contributed by atoms with Crippen LogP contribution < -0.4 is 5.32 Å². The molecule has 1 aromatic heterocycles. The Labute approximate surface area is 196 Å². The fourth-order valence-electron chi connectivity index (χ4n) is 4.29. The third-order valence-electron chi connectivity index (χ3n) is 6.21. The van der Waals surface area contributed by atoms with Gasteiger partial charge in [0.05, 0.1) is 17.1 Å². The van der Waals surface area contributed by atoms with Crippen molar-refractivity contribution in [3.05, 3.63) is 100 Å². The average Bonchev–Trinajstić information content (AvgIpc) is 3.12. The number of rotatable bonds is 5. The molecule has 1 unspecified atom stereocenters. The largest absolute Gasteiger partial charge is 0.342 e. The van der Waals surface area contributed by atoms with Gasteiger partial charge in [-0.2, -0.15) is 0 Å². The summed E-state index contributed by atoms with van der Waals surface area (Å²) in [6, 6.07) is 22.6. The Bertz CT molecular complexity index is 1290. The van der Waals surface area contributed by atoms with Crippen molar-refractivity contribution >= 4 is 16.9 Å². The van der Waals surface area contributed by atoms with Gasteiger partial charge in [-0.3, -0.25) is 4.79 Å². The van der Waals surface area contributed by atoms with Crippen molar-refractivity contribution in [3.63, 3.8) is 0 Å². The second-order valence-electron chi connectivity index (χ2n) is 10.0. The van der Waals surface area contributed by atoms with Gasteiger partial charge < -0.3 is 9.88 Å². The number of aromatic nitrogens is 2. The molecular weight excluding hydrogens is 406 g/mol. The SMILES string of the molecule is Cc1ccc(C(=O)NC(C)c2nc3ccccc3n2Cc2ccc(C(C)(C)C)cc2)c(C)c1. The van der Waals surface area contributed by atoms with Crippen LogP contribution in [0.25, 0.3) is 11.0 Å². The van der Waals surface area contributed by atoms with Crippen LogP contribution in [0.4, 0.5) is 0 Å². The first-order valence-electron chi connectivity index (χ1n) is 11.6. The molecule has 1 atom stereocenters. The Balaban J connectivity index is 1.65. The van der Waals surface area contributed by atoms with Crippen LogP contribution in [0.15, 0.2) is 66.7 Å². The van der Waals surface area contributed by atoms with E-state index in [2.05, 4.69) is 61.0 Å². The highest BCUT2D eigenvalue weighted by Gasteiger charge is 2.20. The molecule has 33 heavy (non-hydrogen) atoms. The zero-order chi connectivity index (χ0) is 23.8. The van der Waals surface area contributed by atoms with Crippen LogP contribution in [0.1, 0.15) is 72.2 Å². The second-order valence-corrected chi connectivity index (χ2v) is 10.0. The number of carbonyl (C=O) groups is 1. The summed E-state index contributed by atoms with van der Waals surface area (Å²) in [5.41, 5.74) is 7.48. The zero-order valence-electron chi connectivity index (χ0n) is 20.4. The summed E-state index contributed by atoms with van der Waals surface area (Å²) >= 11 is 0. The average molecular weight is 440 g/mol. The maximum atomic E-state index is 13.0. The highest BCUT2D eigenvalue weighted by molar-refractivity contribution is 5.96. The Hall–Kier alpha value is -3.40. The van der Waals surface area contributed by atoms with Gasteiger partial charge in [0.2, 0.25) is 0 Å². The molecule has 0 saturated carbocycles. The van der Waals surface area contributed by atoms with Crippen LogP contribution in [-0.2, 0) is 12.0 Å². The summed E-state index contributed by atoms with van der Waals surface area (Å²) in [4.78, 5) is 17.9. The Morgan fingerprint density at radius 2 is 1.70 bits per heavy atom. The van der Waals surface area contributed by atoms with E-state index in [-0.39, 0.29) is 17.4 Å². The number of nitrogens with one attached hydrogen (secondary N) is 1. The van der Waals surface area contributed by atoms with E-state index in [4.69, 9.17) is 4.98 Å². The van der Waals surface area contributed by atoms with Crippen molar-refractivity contribution in [3.8, 4) is 0 Å². The third-order valence-corrected chi connectivity index (χ3v) is 6.21. The molecule has 170 valence electrons. The van der Waals surface area contributed by atoms with Gasteiger partial charge in [-0.25, -0.2) is 4.98 Å². The zero-order valence-corrected chi connectivity index (χ0v) is 20.4. The van der Waals surface area contributed by atoms with E-state index in [1.165, 1.54) is 11.1 Å². The monoisotopic (exact) mass is 439 g/mol. The molecule has 1 heterocycles. The maximum Gasteiger partial charge on any atom is 0.252 e. The van der Waals surface area contributed by atoms with Gasteiger partial charge >= 0.3 is 0 Å². The van der Waals surface area contributed by atoms with Gasteiger partial charge in [-0.1, -0.05) is 74.9 Å². The van der Waals surface area contributed by atoms with Crippen LogP contribution in [0.3, 0.4) is 0 Å². The normalized spacial score (nSPS) is 12.7. The molecule has 0 fully saturated rings. The van der Waals surface area contributed by atoms with Gasteiger partial charge in [-0.05, 0) is 61.1 Å². The van der Waals surface area contributed by atoms with Crippen LogP contribution in [0.5, 0.6) is 0 Å². The molecule has 1 N–H and O–H groups in total. The first-order chi connectivity index (χ1) is 15.6. The number of hydrogen-bond donors (Lipinski definition) is 1. The molecular formula is C29H33N3O. The van der Waals surface area contributed by atoms with E-state index >= 15 is 0 Å². The summed E-state index contributed by atoms with van der Waals surface area (Å²) < 4.78 is 2.22. The molecule has 0 aliphatic heterocycles. The minimum absolute atomic E-state index is 0.0758. The molecule has 0 radical (unpaired) electrons. The fourth-order valence-corrected chi connectivity index (χ4v) is 4.29. The molecule has 4 nitrogen and oxygen atoms in total. The predicted octanol–water partition coefficient (Wildman–Crippen LogP) is 6.49. The van der Waals surface area contributed by atoms with Crippen molar-refractivity contribution in [2.75, 3.05) is 0 Å². The lowest BCUT2D eigenvalue weighted by Gasteiger charge is -2.20. The second kappa shape index (κ2) is 8.86. The Kier molecular flexibility index (Phi) is 6.11. The summed E-state index contributed by atoms with van der Waals surface area (Å²) in [6.07, 6.45) is 0. The van der Waals surface area contributed by atoms with Gasteiger partial charge in [-0.15, -0.1) is 0 Å². The van der Waals surface area contributed by atoms with Crippen LogP contribution >= 0.6 is 0 Å². The molecule has 3 aromatic carbocycles. The molecule has 4 rings (SSSR count). The Morgan fingerprint density at radius 1 is 1.00 bits per heavy atom. The topological polar surface area (TPSA) is 46.9 Å². The smallest absolute Gasteiger partial charge is 0.252 e. The molecule has 0 spiro atoms. The number of nitrogens with zero attached hydrogens (tertiary/aromatic N) is 2. The summed E-state index contributed by atoms with van der Waals surface area (Å²) in [6.45, 7) is 13.4. The van der Waals surface area contributed by atoms with Crippen molar-refractivity contribution < 1.29 is 4.79 Å². The molecule has 0 aliphatic rings. The van der Waals surface area contributed by atoms with E-state index in [0.717, 1.165) is 28.0 Å². The lowest BCUT2D eigenvalue weighted by molar-refractivity contribution is 0.0937. The highest BCUT2D eigenvalue weighted by Crippen LogP contribution is 2.25. The molecule has 0 aliphatic carbocycles. The van der Waals surface area contributed by atoms with Crippen LogP contribution in [-0.4, -0.2) is 15.5 Å². The number of fused-ring (bicyclic) bond motifs is 1. The van der Waals surface area contributed by atoms with Crippen molar-refractivity contribution in [1.29, 1.82) is 0 Å². The first kappa shape index (κ1) is 22.8. The number of imidazole rings is 1. The van der Waals surface area contributed by atoms with E-state index in [0.29, 0.717) is 12.1 Å². The Morgan fingerprint density at radius 3 is 2.36 bits per heavy atom. The van der Waals surface area contributed by atoms with Gasteiger partial charge in [0.1, 0.15) is 5.82 Å². The third kappa shape index (κ3) is 4.85. The van der Waals surface area contributed by atoms with Crippen LogP contribution in [0, 0.1) is 13.8 Å². The molecule has 1 amide bonds. The number of benzene rings is 3. The molecule has 4 aromatic rings. The van der Waals surface area contributed by atoms with Crippen molar-refractivity contribution in [2.24, 2.45) is 0 Å². The van der Waals surface area contributed by atoms with E-state index in [9.17, 15) is 4.79 Å². The lowest BCUT2D eigenvalue weighted by Crippen LogP contribution is -2.29. The summed E-state index contributed by atoms with van der Waals surface area (Å²) in [5, 5.41) is 3.17. The fraction of sp³-hybridized carbons (Fsp3) is 0.310. The molecule has 4 heteroatoms. The summed E-state index contributed by atoms with van der Waals surface area (Å²) in [7, 11) is 0. The number of amides is 1.